The van der Waals surface area contributed by atoms with Crippen LogP contribution in [0.1, 0.15) is 38.3 Å². The lowest BCUT2D eigenvalue weighted by Crippen LogP contribution is -2.47. The lowest BCUT2D eigenvalue weighted by atomic mass is 9.93. The number of para-hydroxylation sites is 1. The number of halogens is 1. The molecule has 7 heteroatoms. The molecule has 1 unspecified atom stereocenters. The van der Waals surface area contributed by atoms with Crippen LogP contribution in [0.3, 0.4) is 0 Å². The molecule has 1 aliphatic rings. The fourth-order valence-electron chi connectivity index (χ4n) is 4.08. The van der Waals surface area contributed by atoms with Crippen molar-refractivity contribution < 1.29 is 4.74 Å². The van der Waals surface area contributed by atoms with Gasteiger partial charge in [0.25, 0.3) is 0 Å². The van der Waals surface area contributed by atoms with Crippen molar-refractivity contribution in [2.45, 2.75) is 32.7 Å². The number of aliphatic imine (C=N–C) groups is 1. The molecule has 0 saturated carbocycles. The van der Waals surface area contributed by atoms with Crippen LogP contribution in [0.4, 0.5) is 0 Å². The Balaban J connectivity index is 0.00000420. The van der Waals surface area contributed by atoms with Gasteiger partial charge >= 0.3 is 0 Å². The highest BCUT2D eigenvalue weighted by atomic mass is 127. The average Bonchev–Trinajstić information content (AvgIpc) is 3.18. The quantitative estimate of drug-likeness (QED) is 0.300. The maximum absolute atomic E-state index is 5.64. The SMILES string of the molecule is CN=C(NCC(c1ccccc1OC)N1CCCC1)NCC(C)(C)CN(C)C.I. The normalized spacial score (nSPS) is 16.4. The molecule has 1 aromatic carbocycles. The van der Waals surface area contributed by atoms with E-state index >= 15 is 0 Å². The van der Waals surface area contributed by atoms with Gasteiger partial charge in [0.05, 0.1) is 13.2 Å². The number of hydrogen-bond donors (Lipinski definition) is 2. The summed E-state index contributed by atoms with van der Waals surface area (Å²) in [7, 11) is 7.81. The Morgan fingerprint density at radius 1 is 1.21 bits per heavy atom. The van der Waals surface area contributed by atoms with E-state index in [0.717, 1.165) is 44.4 Å². The van der Waals surface area contributed by atoms with Gasteiger partial charge in [-0.2, -0.15) is 0 Å². The van der Waals surface area contributed by atoms with Crippen LogP contribution in [0.15, 0.2) is 29.3 Å². The molecule has 6 nitrogen and oxygen atoms in total. The minimum Gasteiger partial charge on any atom is -0.496 e. The molecule has 0 radical (unpaired) electrons. The summed E-state index contributed by atoms with van der Waals surface area (Å²) in [5, 5.41) is 7.05. The molecule has 29 heavy (non-hydrogen) atoms. The summed E-state index contributed by atoms with van der Waals surface area (Å²) >= 11 is 0. The van der Waals surface area contributed by atoms with E-state index in [4.69, 9.17) is 4.74 Å². The molecule has 1 atom stereocenters. The molecular formula is C22H40IN5O. The Bertz CT molecular complexity index is 629. The van der Waals surface area contributed by atoms with Crippen molar-refractivity contribution in [1.82, 2.24) is 20.4 Å². The third kappa shape index (κ3) is 8.30. The topological polar surface area (TPSA) is 52.1 Å². The van der Waals surface area contributed by atoms with Crippen LogP contribution in [0.25, 0.3) is 0 Å². The minimum atomic E-state index is 0. The molecule has 0 bridgehead atoms. The van der Waals surface area contributed by atoms with Gasteiger partial charge in [-0.1, -0.05) is 32.0 Å². The summed E-state index contributed by atoms with van der Waals surface area (Å²) in [6, 6.07) is 8.63. The van der Waals surface area contributed by atoms with Gasteiger partial charge in [0, 0.05) is 32.2 Å². The van der Waals surface area contributed by atoms with Crippen molar-refractivity contribution in [3.05, 3.63) is 29.8 Å². The fraction of sp³-hybridized carbons (Fsp3) is 0.682. The summed E-state index contributed by atoms with van der Waals surface area (Å²) in [6.07, 6.45) is 2.52. The first-order valence-corrected chi connectivity index (χ1v) is 10.3. The predicted octanol–water partition coefficient (Wildman–Crippen LogP) is 3.20. The first-order valence-electron chi connectivity index (χ1n) is 10.3. The number of benzene rings is 1. The molecule has 0 aliphatic carbocycles. The van der Waals surface area contributed by atoms with Crippen LogP contribution in [-0.2, 0) is 0 Å². The van der Waals surface area contributed by atoms with Gasteiger partial charge in [0.15, 0.2) is 5.96 Å². The summed E-state index contributed by atoms with van der Waals surface area (Å²) in [6.45, 7) is 9.50. The van der Waals surface area contributed by atoms with E-state index in [1.54, 1.807) is 7.11 Å². The van der Waals surface area contributed by atoms with Crippen molar-refractivity contribution in [3.63, 3.8) is 0 Å². The summed E-state index contributed by atoms with van der Waals surface area (Å²) in [5.41, 5.74) is 1.40. The lowest BCUT2D eigenvalue weighted by molar-refractivity contribution is 0.235. The van der Waals surface area contributed by atoms with Gasteiger partial charge in [-0.25, -0.2) is 0 Å². The first-order chi connectivity index (χ1) is 13.4. The molecule has 0 spiro atoms. The van der Waals surface area contributed by atoms with E-state index in [9.17, 15) is 0 Å². The van der Waals surface area contributed by atoms with Gasteiger partial charge in [-0.05, 0) is 51.5 Å². The number of likely N-dealkylation sites (tertiary alicyclic amines) is 1. The van der Waals surface area contributed by atoms with Gasteiger partial charge < -0.3 is 20.3 Å². The van der Waals surface area contributed by atoms with E-state index in [0.29, 0.717) is 0 Å². The minimum absolute atomic E-state index is 0. The monoisotopic (exact) mass is 517 g/mol. The zero-order chi connectivity index (χ0) is 20.6. The number of nitrogens with one attached hydrogen (secondary N) is 2. The Hall–Kier alpha value is -1.06. The van der Waals surface area contributed by atoms with Crippen LogP contribution in [0, 0.1) is 5.41 Å². The standard InChI is InChI=1S/C22H39N5O.HI/c1-22(2,17-26(4)5)16-25-21(23-3)24-15-19(27-13-9-10-14-27)18-11-7-8-12-20(18)28-6;/h7-8,11-12,19H,9-10,13-17H2,1-6H3,(H2,23,24,25);1H. The van der Waals surface area contributed by atoms with Gasteiger partial charge in [-0.15, -0.1) is 24.0 Å². The summed E-state index contributed by atoms with van der Waals surface area (Å²) in [5.74, 6) is 1.81. The molecule has 1 aliphatic heterocycles. The number of ether oxygens (including phenoxy) is 1. The third-order valence-electron chi connectivity index (χ3n) is 5.24. The second-order valence-electron chi connectivity index (χ2n) is 8.71. The smallest absolute Gasteiger partial charge is 0.191 e. The van der Waals surface area contributed by atoms with Crippen molar-refractivity contribution in [2.75, 3.05) is 61.0 Å². The maximum Gasteiger partial charge on any atom is 0.191 e. The molecule has 2 rings (SSSR count). The first kappa shape index (κ1) is 26.0. The van der Waals surface area contributed by atoms with E-state index in [2.05, 4.69) is 71.6 Å². The lowest BCUT2D eigenvalue weighted by Gasteiger charge is -2.31. The molecule has 0 aromatic heterocycles. The third-order valence-corrected chi connectivity index (χ3v) is 5.24. The zero-order valence-electron chi connectivity index (χ0n) is 19.0. The highest BCUT2D eigenvalue weighted by molar-refractivity contribution is 14.0. The van der Waals surface area contributed by atoms with Crippen molar-refractivity contribution in [1.29, 1.82) is 0 Å². The van der Waals surface area contributed by atoms with E-state index in [1.807, 2.05) is 13.1 Å². The van der Waals surface area contributed by atoms with E-state index in [-0.39, 0.29) is 35.4 Å². The second kappa shape index (κ2) is 12.6. The Labute approximate surface area is 194 Å². The molecular weight excluding hydrogens is 477 g/mol. The highest BCUT2D eigenvalue weighted by Crippen LogP contribution is 2.31. The maximum atomic E-state index is 5.64. The van der Waals surface area contributed by atoms with Gasteiger partial charge in [0.1, 0.15) is 5.75 Å². The van der Waals surface area contributed by atoms with E-state index in [1.165, 1.54) is 18.4 Å². The zero-order valence-corrected chi connectivity index (χ0v) is 21.3. The van der Waals surface area contributed by atoms with Crippen LogP contribution < -0.4 is 15.4 Å². The Kier molecular flexibility index (Phi) is 11.3. The number of guanidine groups is 1. The van der Waals surface area contributed by atoms with Crippen molar-refractivity contribution >= 4 is 29.9 Å². The molecule has 1 aromatic rings. The van der Waals surface area contributed by atoms with Crippen LogP contribution in [-0.4, -0.2) is 76.7 Å². The molecule has 0 amide bonds. The van der Waals surface area contributed by atoms with Crippen molar-refractivity contribution in [2.24, 2.45) is 10.4 Å². The molecule has 1 fully saturated rings. The van der Waals surface area contributed by atoms with Gasteiger partial charge in [-0.3, -0.25) is 9.89 Å². The average molecular weight is 518 g/mol. The number of hydrogen-bond acceptors (Lipinski definition) is 4. The number of rotatable bonds is 9. The number of methoxy groups -OCH3 is 1. The fourth-order valence-corrected chi connectivity index (χ4v) is 4.08. The predicted molar refractivity (Wildman–Crippen MR) is 134 cm³/mol. The number of nitrogens with zero attached hydrogens (tertiary/aromatic N) is 3. The largest absolute Gasteiger partial charge is 0.496 e. The molecule has 1 saturated heterocycles. The summed E-state index contributed by atoms with van der Waals surface area (Å²) < 4.78 is 5.64. The van der Waals surface area contributed by atoms with Crippen LogP contribution in [0.2, 0.25) is 0 Å². The molecule has 2 N–H and O–H groups in total. The van der Waals surface area contributed by atoms with Crippen LogP contribution >= 0.6 is 24.0 Å². The molecule has 166 valence electrons. The summed E-state index contributed by atoms with van der Waals surface area (Å²) in [4.78, 5) is 9.21. The van der Waals surface area contributed by atoms with Gasteiger partial charge in [0.2, 0.25) is 0 Å². The van der Waals surface area contributed by atoms with Crippen LogP contribution in [0.5, 0.6) is 5.75 Å². The van der Waals surface area contributed by atoms with E-state index < -0.39 is 0 Å². The Morgan fingerprint density at radius 3 is 2.45 bits per heavy atom. The molecule has 1 heterocycles. The highest BCUT2D eigenvalue weighted by Gasteiger charge is 2.26. The van der Waals surface area contributed by atoms with Crippen molar-refractivity contribution in [3.8, 4) is 5.75 Å². The second-order valence-corrected chi connectivity index (χ2v) is 8.71. The Morgan fingerprint density at radius 2 is 1.86 bits per heavy atom.